The number of carbonyl (C=O) groups is 1. The molecule has 1 N–H and O–H groups in total. The smallest absolute Gasteiger partial charge is 0.231 e. The number of ether oxygens (including phenoxy) is 2. The number of methoxy groups -OCH3 is 2. The molecule has 2 heterocycles. The molecule has 1 aliphatic rings. The largest absolute Gasteiger partial charge is 0.493 e. The number of carbonyl (C=O) groups excluding carboxylic acids is 1. The second-order valence-corrected chi connectivity index (χ2v) is 8.61. The molecule has 0 saturated carbocycles. The van der Waals surface area contributed by atoms with Gasteiger partial charge in [0.25, 0.3) is 0 Å². The number of anilines is 3. The van der Waals surface area contributed by atoms with Gasteiger partial charge in [-0.15, -0.1) is 0 Å². The van der Waals surface area contributed by atoms with E-state index in [-0.39, 0.29) is 12.3 Å². The summed E-state index contributed by atoms with van der Waals surface area (Å²) < 4.78 is 10.7. The molecule has 0 aliphatic carbocycles. The van der Waals surface area contributed by atoms with Crippen molar-refractivity contribution in [2.75, 3.05) is 50.6 Å². The van der Waals surface area contributed by atoms with Crippen molar-refractivity contribution in [1.29, 1.82) is 0 Å². The van der Waals surface area contributed by atoms with Crippen LogP contribution in [0.15, 0.2) is 42.6 Å². The van der Waals surface area contributed by atoms with Crippen molar-refractivity contribution in [2.45, 2.75) is 20.3 Å². The van der Waals surface area contributed by atoms with Gasteiger partial charge >= 0.3 is 0 Å². The molecule has 0 unspecified atom stereocenters. The summed E-state index contributed by atoms with van der Waals surface area (Å²) in [7, 11) is 3.18. The number of amides is 1. The minimum absolute atomic E-state index is 0.00335. The monoisotopic (exact) mass is 495 g/mol. The van der Waals surface area contributed by atoms with Crippen molar-refractivity contribution >= 4 is 34.8 Å². The van der Waals surface area contributed by atoms with E-state index in [9.17, 15) is 4.79 Å². The Kier molecular flexibility index (Phi) is 7.73. The molecule has 4 rings (SSSR count). The summed E-state index contributed by atoms with van der Waals surface area (Å²) in [6.45, 7) is 7.45. The van der Waals surface area contributed by atoms with Crippen LogP contribution in [0.1, 0.15) is 19.4 Å². The molecule has 0 radical (unpaired) electrons. The van der Waals surface area contributed by atoms with Crippen LogP contribution in [0.3, 0.4) is 0 Å². The van der Waals surface area contributed by atoms with Gasteiger partial charge in [-0.25, -0.2) is 9.97 Å². The lowest BCUT2D eigenvalue weighted by Gasteiger charge is -2.27. The predicted octanol–water partition coefficient (Wildman–Crippen LogP) is 4.79. The molecule has 1 aliphatic heterocycles. The minimum Gasteiger partial charge on any atom is -0.493 e. The van der Waals surface area contributed by atoms with Crippen LogP contribution in [0.4, 0.5) is 17.3 Å². The third-order valence-electron chi connectivity index (χ3n) is 6.19. The molecule has 0 atom stereocenters. The number of halogens is 1. The fourth-order valence-electron chi connectivity index (χ4n) is 4.22. The standard InChI is InChI=1S/C26H30ClN5O3/c1-5-31(6-2)11-12-32-21-14-18(27)7-9-20(21)25-17(13-24(32)33)16-28-26(30-25)29-19-8-10-22(34-3)23(15-19)35-4/h7-10,14-16H,5-6,11-13H2,1-4H3,(H,28,29,30). The van der Waals surface area contributed by atoms with E-state index in [1.807, 2.05) is 41.3 Å². The van der Waals surface area contributed by atoms with E-state index in [2.05, 4.69) is 29.0 Å². The second-order valence-electron chi connectivity index (χ2n) is 8.17. The average Bonchev–Trinajstić information content (AvgIpc) is 2.98. The molecular weight excluding hydrogens is 466 g/mol. The van der Waals surface area contributed by atoms with Gasteiger partial charge in [-0.2, -0.15) is 0 Å². The third-order valence-corrected chi connectivity index (χ3v) is 6.42. The van der Waals surface area contributed by atoms with E-state index in [0.717, 1.165) is 42.1 Å². The highest BCUT2D eigenvalue weighted by atomic mass is 35.5. The lowest BCUT2D eigenvalue weighted by Crippen LogP contribution is -2.39. The predicted molar refractivity (Wildman–Crippen MR) is 139 cm³/mol. The van der Waals surface area contributed by atoms with E-state index in [4.69, 9.17) is 26.1 Å². The summed E-state index contributed by atoms with van der Waals surface area (Å²) in [4.78, 5) is 26.7. The lowest BCUT2D eigenvalue weighted by atomic mass is 10.1. The highest BCUT2D eigenvalue weighted by Crippen LogP contribution is 2.38. The zero-order valence-corrected chi connectivity index (χ0v) is 21.2. The number of likely N-dealkylation sites (N-methyl/N-ethyl adjacent to an activating group) is 1. The topological polar surface area (TPSA) is 79.8 Å². The molecule has 3 aromatic rings. The molecule has 0 bridgehead atoms. The third kappa shape index (κ3) is 5.33. The summed E-state index contributed by atoms with van der Waals surface area (Å²) in [5.41, 5.74) is 3.87. The average molecular weight is 496 g/mol. The lowest BCUT2D eigenvalue weighted by molar-refractivity contribution is -0.118. The van der Waals surface area contributed by atoms with Gasteiger partial charge in [0.05, 0.1) is 32.0 Å². The van der Waals surface area contributed by atoms with Crippen LogP contribution in [0.5, 0.6) is 11.5 Å². The van der Waals surface area contributed by atoms with Crippen molar-refractivity contribution in [3.63, 3.8) is 0 Å². The quantitative estimate of drug-likeness (QED) is 0.457. The number of aromatic nitrogens is 2. The normalized spacial score (nSPS) is 12.7. The maximum atomic E-state index is 13.3. The first kappa shape index (κ1) is 24.8. The Morgan fingerprint density at radius 2 is 1.86 bits per heavy atom. The van der Waals surface area contributed by atoms with Crippen LogP contribution in [0, 0.1) is 0 Å². The van der Waals surface area contributed by atoms with Crippen LogP contribution < -0.4 is 19.7 Å². The first-order valence-electron chi connectivity index (χ1n) is 11.6. The van der Waals surface area contributed by atoms with Gasteiger partial charge in [-0.05, 0) is 43.4 Å². The highest BCUT2D eigenvalue weighted by Gasteiger charge is 2.28. The number of fused-ring (bicyclic) bond motifs is 3. The molecule has 9 heteroatoms. The number of nitrogens with one attached hydrogen (secondary N) is 1. The van der Waals surface area contributed by atoms with Crippen molar-refractivity contribution in [1.82, 2.24) is 14.9 Å². The second kappa shape index (κ2) is 10.9. The van der Waals surface area contributed by atoms with Gasteiger partial charge in [-0.1, -0.05) is 25.4 Å². The van der Waals surface area contributed by atoms with Crippen LogP contribution in [-0.2, 0) is 11.2 Å². The zero-order valence-electron chi connectivity index (χ0n) is 20.5. The minimum atomic E-state index is 0.00335. The number of rotatable bonds is 9. The van der Waals surface area contributed by atoms with E-state index in [1.165, 1.54) is 0 Å². The summed E-state index contributed by atoms with van der Waals surface area (Å²) >= 11 is 6.36. The van der Waals surface area contributed by atoms with Gasteiger partial charge in [0.1, 0.15) is 0 Å². The van der Waals surface area contributed by atoms with Gasteiger partial charge in [0.2, 0.25) is 11.9 Å². The van der Waals surface area contributed by atoms with Crippen molar-refractivity contribution in [3.8, 4) is 22.8 Å². The summed E-state index contributed by atoms with van der Waals surface area (Å²) in [6, 6.07) is 11.1. The molecule has 1 amide bonds. The fraction of sp³-hybridized carbons (Fsp3) is 0.346. The van der Waals surface area contributed by atoms with Gasteiger partial charge in [-0.3, -0.25) is 4.79 Å². The Labute approximate surface area is 210 Å². The Morgan fingerprint density at radius 3 is 2.57 bits per heavy atom. The molecule has 1 aromatic heterocycles. The van der Waals surface area contributed by atoms with Crippen LogP contribution >= 0.6 is 11.6 Å². The maximum Gasteiger partial charge on any atom is 0.231 e. The van der Waals surface area contributed by atoms with Crippen molar-refractivity contribution < 1.29 is 14.3 Å². The van der Waals surface area contributed by atoms with Crippen LogP contribution in [0.25, 0.3) is 11.3 Å². The summed E-state index contributed by atoms with van der Waals surface area (Å²) in [5.74, 6) is 1.65. The van der Waals surface area contributed by atoms with Gasteiger partial charge in [0.15, 0.2) is 11.5 Å². The van der Waals surface area contributed by atoms with Crippen molar-refractivity contribution in [2.24, 2.45) is 0 Å². The Hall–Kier alpha value is -3.36. The first-order chi connectivity index (χ1) is 17.0. The van der Waals surface area contributed by atoms with E-state index < -0.39 is 0 Å². The van der Waals surface area contributed by atoms with Gasteiger partial charge in [0, 0.05) is 47.2 Å². The SMILES string of the molecule is CCN(CC)CCN1C(=O)Cc2cnc(Nc3ccc(OC)c(OC)c3)nc2-c2ccc(Cl)cc21. The molecule has 0 spiro atoms. The number of hydrogen-bond acceptors (Lipinski definition) is 7. The highest BCUT2D eigenvalue weighted by molar-refractivity contribution is 6.31. The number of benzene rings is 2. The first-order valence-corrected chi connectivity index (χ1v) is 12.0. The Bertz CT molecular complexity index is 1220. The Balaban J connectivity index is 1.70. The molecular formula is C26H30ClN5O3. The number of nitrogens with zero attached hydrogens (tertiary/aromatic N) is 4. The van der Waals surface area contributed by atoms with Crippen molar-refractivity contribution in [3.05, 3.63) is 53.2 Å². The summed E-state index contributed by atoms with van der Waals surface area (Å²) in [5, 5.41) is 3.81. The fourth-order valence-corrected chi connectivity index (χ4v) is 4.39. The van der Waals surface area contributed by atoms with E-state index in [0.29, 0.717) is 34.7 Å². The van der Waals surface area contributed by atoms with Crippen LogP contribution in [-0.4, -0.2) is 61.2 Å². The molecule has 35 heavy (non-hydrogen) atoms. The molecule has 184 valence electrons. The van der Waals surface area contributed by atoms with E-state index >= 15 is 0 Å². The zero-order chi connectivity index (χ0) is 24.9. The molecule has 0 saturated heterocycles. The maximum absolute atomic E-state index is 13.3. The Morgan fingerprint density at radius 1 is 1.09 bits per heavy atom. The van der Waals surface area contributed by atoms with Gasteiger partial charge < -0.3 is 24.6 Å². The number of hydrogen-bond donors (Lipinski definition) is 1. The molecule has 2 aromatic carbocycles. The van der Waals surface area contributed by atoms with E-state index in [1.54, 1.807) is 20.4 Å². The molecule has 0 fully saturated rings. The summed E-state index contributed by atoms with van der Waals surface area (Å²) in [6.07, 6.45) is 1.94. The molecule has 8 nitrogen and oxygen atoms in total. The van der Waals surface area contributed by atoms with Crippen LogP contribution in [0.2, 0.25) is 5.02 Å².